The molecule has 0 radical (unpaired) electrons. The fourth-order valence-electron chi connectivity index (χ4n) is 3.86. The number of hydrogen-bond donors (Lipinski definition) is 1. The van der Waals surface area contributed by atoms with E-state index >= 15 is 0 Å². The maximum Gasteiger partial charge on any atom is 0.317 e. The van der Waals surface area contributed by atoms with Crippen molar-refractivity contribution in [3.05, 3.63) is 66.0 Å². The Labute approximate surface area is 160 Å². The van der Waals surface area contributed by atoms with E-state index in [0.717, 1.165) is 48.9 Å². The molecule has 2 amide bonds. The molecule has 0 atom stereocenters. The zero-order chi connectivity index (χ0) is 18.6. The van der Waals surface area contributed by atoms with Crippen LogP contribution in [0.1, 0.15) is 24.0 Å². The van der Waals surface area contributed by atoms with Crippen molar-refractivity contribution in [3.63, 3.8) is 0 Å². The number of carbonyl (C=O) groups is 1. The van der Waals surface area contributed by atoms with Crippen LogP contribution in [-0.2, 0) is 20.0 Å². The van der Waals surface area contributed by atoms with Gasteiger partial charge < -0.3 is 14.8 Å². The molecule has 1 N–H and O–H groups in total. The number of aryl methyl sites for hydroxylation is 1. The third-order valence-corrected chi connectivity index (χ3v) is 5.50. The minimum atomic E-state index is 0.0401. The van der Waals surface area contributed by atoms with Gasteiger partial charge in [0.2, 0.25) is 0 Å². The maximum atomic E-state index is 12.5. The van der Waals surface area contributed by atoms with Crippen LogP contribution in [0.25, 0.3) is 11.0 Å². The Morgan fingerprint density at radius 1 is 1.11 bits per heavy atom. The lowest BCUT2D eigenvalue weighted by Gasteiger charge is -2.32. The van der Waals surface area contributed by atoms with Crippen molar-refractivity contribution in [3.8, 4) is 0 Å². The molecule has 0 spiro atoms. The van der Waals surface area contributed by atoms with Crippen molar-refractivity contribution >= 4 is 17.1 Å². The summed E-state index contributed by atoms with van der Waals surface area (Å²) in [6.07, 6.45) is 5.07. The summed E-state index contributed by atoms with van der Waals surface area (Å²) in [4.78, 5) is 18.8. The van der Waals surface area contributed by atoms with Crippen LogP contribution >= 0.6 is 0 Å². The Balaban J connectivity index is 1.27. The molecule has 140 valence electrons. The smallest absolute Gasteiger partial charge is 0.317 e. The predicted octanol–water partition coefficient (Wildman–Crippen LogP) is 3.74. The van der Waals surface area contributed by atoms with Gasteiger partial charge in [0.15, 0.2) is 0 Å². The molecule has 0 aliphatic carbocycles. The second kappa shape index (κ2) is 7.82. The molecular weight excluding hydrogens is 336 g/mol. The van der Waals surface area contributed by atoms with E-state index in [1.54, 1.807) is 0 Å². The first kappa shape index (κ1) is 17.6. The highest BCUT2D eigenvalue weighted by atomic mass is 16.2. The summed E-state index contributed by atoms with van der Waals surface area (Å²) < 4.78 is 2.00. The average molecular weight is 362 g/mol. The number of imidazole rings is 1. The lowest BCUT2D eigenvalue weighted by Crippen LogP contribution is -2.44. The van der Waals surface area contributed by atoms with Gasteiger partial charge in [-0.25, -0.2) is 9.78 Å². The van der Waals surface area contributed by atoms with Gasteiger partial charge in [0.1, 0.15) is 0 Å². The van der Waals surface area contributed by atoms with E-state index in [4.69, 9.17) is 0 Å². The molecule has 5 nitrogen and oxygen atoms in total. The van der Waals surface area contributed by atoms with Gasteiger partial charge in [-0.05, 0) is 48.4 Å². The van der Waals surface area contributed by atoms with E-state index in [-0.39, 0.29) is 6.03 Å². The zero-order valence-electron chi connectivity index (χ0n) is 15.8. The summed E-state index contributed by atoms with van der Waals surface area (Å²) in [6.45, 7) is 2.22. The molecule has 2 aromatic carbocycles. The van der Waals surface area contributed by atoms with E-state index in [1.165, 1.54) is 5.56 Å². The summed E-state index contributed by atoms with van der Waals surface area (Å²) in [5.74, 6) is 0.670. The SMILES string of the molecule is Cn1cnc2ccc(CNC(=O)N3CCC(Cc4ccccc4)CC3)cc21. The number of likely N-dealkylation sites (tertiary alicyclic amines) is 1. The summed E-state index contributed by atoms with van der Waals surface area (Å²) in [5.41, 5.74) is 4.56. The minimum Gasteiger partial charge on any atom is -0.334 e. The van der Waals surface area contributed by atoms with Crippen molar-refractivity contribution in [2.24, 2.45) is 13.0 Å². The number of urea groups is 1. The van der Waals surface area contributed by atoms with Crippen molar-refractivity contribution in [1.82, 2.24) is 19.8 Å². The van der Waals surface area contributed by atoms with E-state index in [0.29, 0.717) is 12.5 Å². The van der Waals surface area contributed by atoms with Gasteiger partial charge in [-0.1, -0.05) is 36.4 Å². The van der Waals surface area contributed by atoms with Crippen molar-refractivity contribution in [1.29, 1.82) is 0 Å². The second-order valence-corrected chi connectivity index (χ2v) is 7.46. The van der Waals surface area contributed by atoms with Crippen LogP contribution in [0.15, 0.2) is 54.9 Å². The van der Waals surface area contributed by atoms with Crippen molar-refractivity contribution < 1.29 is 4.79 Å². The fourth-order valence-corrected chi connectivity index (χ4v) is 3.86. The molecule has 3 aromatic rings. The summed E-state index contributed by atoms with van der Waals surface area (Å²) in [6, 6.07) is 16.8. The molecule has 5 heteroatoms. The highest BCUT2D eigenvalue weighted by molar-refractivity contribution is 5.77. The van der Waals surface area contributed by atoms with Gasteiger partial charge in [-0.3, -0.25) is 0 Å². The first-order valence-corrected chi connectivity index (χ1v) is 9.66. The van der Waals surface area contributed by atoms with Crippen LogP contribution in [0.5, 0.6) is 0 Å². The van der Waals surface area contributed by atoms with Gasteiger partial charge in [-0.15, -0.1) is 0 Å². The lowest BCUT2D eigenvalue weighted by molar-refractivity contribution is 0.170. The molecule has 2 heterocycles. The van der Waals surface area contributed by atoms with E-state index in [9.17, 15) is 4.79 Å². The molecular formula is C22H26N4O. The number of amides is 2. The predicted molar refractivity (Wildman–Crippen MR) is 107 cm³/mol. The van der Waals surface area contributed by atoms with Crippen LogP contribution in [-0.4, -0.2) is 33.6 Å². The standard InChI is InChI=1S/C22H26N4O/c1-25-16-24-20-8-7-19(14-21(20)25)15-23-22(27)26-11-9-18(10-12-26)13-17-5-3-2-4-6-17/h2-8,14,16,18H,9-13,15H2,1H3,(H,23,27). The van der Waals surface area contributed by atoms with Crippen LogP contribution in [0.3, 0.4) is 0 Å². The number of benzene rings is 2. The molecule has 1 aliphatic rings. The molecule has 1 aromatic heterocycles. The number of fused-ring (bicyclic) bond motifs is 1. The van der Waals surface area contributed by atoms with Gasteiger partial charge in [0.05, 0.1) is 17.4 Å². The van der Waals surface area contributed by atoms with Crippen LogP contribution in [0.2, 0.25) is 0 Å². The van der Waals surface area contributed by atoms with Crippen LogP contribution < -0.4 is 5.32 Å². The average Bonchev–Trinajstić information content (AvgIpc) is 3.08. The molecule has 27 heavy (non-hydrogen) atoms. The van der Waals surface area contributed by atoms with Crippen LogP contribution in [0.4, 0.5) is 4.79 Å². The highest BCUT2D eigenvalue weighted by Crippen LogP contribution is 2.22. The molecule has 0 bridgehead atoms. The number of hydrogen-bond acceptors (Lipinski definition) is 2. The molecule has 0 saturated carbocycles. The van der Waals surface area contributed by atoms with Gasteiger partial charge >= 0.3 is 6.03 Å². The summed E-state index contributed by atoms with van der Waals surface area (Å²) >= 11 is 0. The van der Waals surface area contributed by atoms with E-state index in [1.807, 2.05) is 35.0 Å². The lowest BCUT2D eigenvalue weighted by atomic mass is 9.90. The number of nitrogens with one attached hydrogen (secondary N) is 1. The number of rotatable bonds is 4. The number of carbonyl (C=O) groups excluding carboxylic acids is 1. The third kappa shape index (κ3) is 4.13. The summed E-state index contributed by atoms with van der Waals surface area (Å²) in [7, 11) is 1.98. The minimum absolute atomic E-state index is 0.0401. The largest absolute Gasteiger partial charge is 0.334 e. The van der Waals surface area contributed by atoms with Gasteiger partial charge in [0.25, 0.3) is 0 Å². The van der Waals surface area contributed by atoms with Crippen molar-refractivity contribution in [2.75, 3.05) is 13.1 Å². The Bertz CT molecular complexity index is 910. The molecule has 1 aliphatic heterocycles. The molecule has 1 saturated heterocycles. The topological polar surface area (TPSA) is 50.2 Å². The normalized spacial score (nSPS) is 15.2. The third-order valence-electron chi connectivity index (χ3n) is 5.50. The fraction of sp³-hybridized carbons (Fsp3) is 0.364. The Morgan fingerprint density at radius 3 is 2.67 bits per heavy atom. The quantitative estimate of drug-likeness (QED) is 0.769. The molecule has 1 fully saturated rings. The molecule has 0 unspecified atom stereocenters. The molecule has 4 rings (SSSR count). The van der Waals surface area contributed by atoms with Gasteiger partial charge in [-0.2, -0.15) is 0 Å². The number of piperidine rings is 1. The van der Waals surface area contributed by atoms with E-state index < -0.39 is 0 Å². The second-order valence-electron chi connectivity index (χ2n) is 7.46. The zero-order valence-corrected chi connectivity index (χ0v) is 15.8. The van der Waals surface area contributed by atoms with Crippen LogP contribution in [0, 0.1) is 5.92 Å². The Hall–Kier alpha value is -2.82. The first-order valence-electron chi connectivity index (χ1n) is 9.66. The number of nitrogens with zero attached hydrogens (tertiary/aromatic N) is 3. The Morgan fingerprint density at radius 2 is 1.89 bits per heavy atom. The first-order chi connectivity index (χ1) is 13.2. The Kier molecular flexibility index (Phi) is 5.10. The summed E-state index contributed by atoms with van der Waals surface area (Å²) in [5, 5.41) is 3.07. The monoisotopic (exact) mass is 362 g/mol. The van der Waals surface area contributed by atoms with Crippen molar-refractivity contribution in [2.45, 2.75) is 25.8 Å². The highest BCUT2D eigenvalue weighted by Gasteiger charge is 2.22. The number of aromatic nitrogens is 2. The van der Waals surface area contributed by atoms with Gasteiger partial charge in [0, 0.05) is 26.7 Å². The van der Waals surface area contributed by atoms with E-state index in [2.05, 4.69) is 46.7 Å². The maximum absolute atomic E-state index is 12.5.